The maximum atomic E-state index is 12.6. The number of fused-ring (bicyclic) bond motifs is 1. The fraction of sp³-hybridized carbons (Fsp3) is 0.222. The summed E-state index contributed by atoms with van der Waals surface area (Å²) >= 11 is 5.39. The maximum Gasteiger partial charge on any atom is 0.257 e. The molecule has 0 atom stereocenters. The molecule has 0 aliphatic rings. The highest BCUT2D eigenvalue weighted by atomic mass is 32.1. The van der Waals surface area contributed by atoms with Gasteiger partial charge in [0.25, 0.3) is 5.91 Å². The zero-order valence-electron chi connectivity index (χ0n) is 19.7. The van der Waals surface area contributed by atoms with Crippen LogP contribution in [-0.2, 0) is 0 Å². The van der Waals surface area contributed by atoms with Crippen LogP contribution in [0.1, 0.15) is 40.4 Å². The van der Waals surface area contributed by atoms with Gasteiger partial charge in [-0.25, -0.2) is 4.98 Å². The van der Waals surface area contributed by atoms with Crippen LogP contribution in [0, 0.1) is 20.8 Å². The molecule has 1 heterocycles. The number of oxazole rings is 1. The number of thiocarbonyl (C=S) groups is 1. The third-order valence-corrected chi connectivity index (χ3v) is 5.76. The van der Waals surface area contributed by atoms with E-state index in [1.165, 1.54) is 5.56 Å². The number of aromatic nitrogens is 1. The number of amides is 1. The van der Waals surface area contributed by atoms with Crippen LogP contribution in [0.25, 0.3) is 22.6 Å². The first-order valence-corrected chi connectivity index (χ1v) is 11.6. The molecular formula is C27H27N3O3S. The molecule has 0 bridgehead atoms. The Morgan fingerprint density at radius 1 is 1.00 bits per heavy atom. The van der Waals surface area contributed by atoms with E-state index in [0.29, 0.717) is 18.1 Å². The van der Waals surface area contributed by atoms with Gasteiger partial charge in [0.1, 0.15) is 11.3 Å². The number of nitrogens with zero attached hydrogens (tertiary/aromatic N) is 1. The van der Waals surface area contributed by atoms with Crippen molar-refractivity contribution < 1.29 is 13.9 Å². The average Bonchev–Trinajstić information content (AvgIpc) is 3.22. The molecule has 0 radical (unpaired) electrons. The Morgan fingerprint density at radius 2 is 1.74 bits per heavy atom. The van der Waals surface area contributed by atoms with Crippen molar-refractivity contribution in [2.75, 3.05) is 11.9 Å². The molecule has 6 nitrogen and oxygen atoms in total. The van der Waals surface area contributed by atoms with E-state index in [9.17, 15) is 4.79 Å². The van der Waals surface area contributed by atoms with Crippen LogP contribution in [0.5, 0.6) is 5.75 Å². The minimum Gasteiger partial charge on any atom is -0.494 e. The Kier molecular flexibility index (Phi) is 6.93. The van der Waals surface area contributed by atoms with Gasteiger partial charge in [0.2, 0.25) is 5.89 Å². The number of hydrogen-bond acceptors (Lipinski definition) is 5. The van der Waals surface area contributed by atoms with E-state index < -0.39 is 0 Å². The summed E-state index contributed by atoms with van der Waals surface area (Å²) in [6, 6.07) is 16.8. The van der Waals surface area contributed by atoms with Crippen LogP contribution >= 0.6 is 12.2 Å². The summed E-state index contributed by atoms with van der Waals surface area (Å²) in [5, 5.41) is 6.06. The van der Waals surface area contributed by atoms with E-state index in [4.69, 9.17) is 21.4 Å². The molecule has 0 aliphatic carbocycles. The van der Waals surface area contributed by atoms with E-state index in [-0.39, 0.29) is 11.0 Å². The van der Waals surface area contributed by atoms with Crippen LogP contribution in [0.15, 0.2) is 59.0 Å². The third-order valence-electron chi connectivity index (χ3n) is 5.55. The van der Waals surface area contributed by atoms with E-state index in [1.807, 2.05) is 44.2 Å². The van der Waals surface area contributed by atoms with E-state index in [0.717, 1.165) is 45.6 Å². The number of carbonyl (C=O) groups excluding carboxylic acids is 1. The molecule has 0 aliphatic heterocycles. The summed E-state index contributed by atoms with van der Waals surface area (Å²) in [5.74, 6) is 0.970. The molecule has 4 aromatic rings. The molecule has 0 unspecified atom stereocenters. The Hall–Kier alpha value is -3.71. The van der Waals surface area contributed by atoms with E-state index in [1.54, 1.807) is 24.3 Å². The van der Waals surface area contributed by atoms with Gasteiger partial charge in [-0.2, -0.15) is 0 Å². The summed E-state index contributed by atoms with van der Waals surface area (Å²) < 4.78 is 11.6. The first-order valence-electron chi connectivity index (χ1n) is 11.2. The number of benzene rings is 3. The molecule has 7 heteroatoms. The summed E-state index contributed by atoms with van der Waals surface area (Å²) in [6.45, 7) is 8.75. The minimum absolute atomic E-state index is 0.209. The maximum absolute atomic E-state index is 12.6. The van der Waals surface area contributed by atoms with Gasteiger partial charge in [0.15, 0.2) is 10.7 Å². The van der Waals surface area contributed by atoms with Crippen molar-refractivity contribution >= 4 is 40.0 Å². The van der Waals surface area contributed by atoms with E-state index in [2.05, 4.69) is 29.5 Å². The Balaban J connectivity index is 1.47. The largest absolute Gasteiger partial charge is 0.494 e. The number of carbonyl (C=O) groups is 1. The van der Waals surface area contributed by atoms with Gasteiger partial charge in [0.05, 0.1) is 6.61 Å². The highest BCUT2D eigenvalue weighted by molar-refractivity contribution is 7.80. The minimum atomic E-state index is -0.293. The highest BCUT2D eigenvalue weighted by Crippen LogP contribution is 2.29. The normalized spacial score (nSPS) is 10.8. The third kappa shape index (κ3) is 5.26. The van der Waals surface area contributed by atoms with Crippen LogP contribution < -0.4 is 15.4 Å². The lowest BCUT2D eigenvalue weighted by molar-refractivity contribution is 0.0977. The number of aryl methyl sites for hydroxylation is 3. The van der Waals surface area contributed by atoms with Crippen molar-refractivity contribution in [2.45, 2.75) is 34.1 Å². The zero-order chi connectivity index (χ0) is 24.2. The van der Waals surface area contributed by atoms with Crippen LogP contribution in [0.2, 0.25) is 0 Å². The number of rotatable bonds is 6. The molecule has 0 saturated carbocycles. The quantitative estimate of drug-likeness (QED) is 0.319. The van der Waals surface area contributed by atoms with Crippen molar-refractivity contribution in [3.63, 3.8) is 0 Å². The van der Waals surface area contributed by atoms with Gasteiger partial charge in [-0.05, 0) is 105 Å². The summed E-state index contributed by atoms with van der Waals surface area (Å²) in [4.78, 5) is 17.2. The fourth-order valence-electron chi connectivity index (χ4n) is 3.44. The Bertz CT molecular complexity index is 1320. The van der Waals surface area contributed by atoms with Crippen LogP contribution in [-0.4, -0.2) is 22.6 Å². The lowest BCUT2D eigenvalue weighted by Gasteiger charge is -2.13. The van der Waals surface area contributed by atoms with Gasteiger partial charge >= 0.3 is 0 Å². The van der Waals surface area contributed by atoms with Crippen molar-refractivity contribution in [2.24, 2.45) is 0 Å². The predicted molar refractivity (Wildman–Crippen MR) is 140 cm³/mol. The average molecular weight is 474 g/mol. The molecule has 0 fully saturated rings. The molecule has 1 aromatic heterocycles. The van der Waals surface area contributed by atoms with E-state index >= 15 is 0 Å². The Labute approximate surface area is 204 Å². The predicted octanol–water partition coefficient (Wildman–Crippen LogP) is 6.34. The van der Waals surface area contributed by atoms with Crippen molar-refractivity contribution in [1.82, 2.24) is 10.3 Å². The first-order chi connectivity index (χ1) is 16.3. The SMILES string of the molecule is CCCOc1ccc(C(=O)NC(=S)Nc2cc(-c3nc4cc(C)c(C)cc4o3)ccc2C)cc1. The second kappa shape index (κ2) is 10.1. The van der Waals surface area contributed by atoms with Gasteiger partial charge in [0, 0.05) is 16.8 Å². The molecule has 0 saturated heterocycles. The summed E-state index contributed by atoms with van der Waals surface area (Å²) in [7, 11) is 0. The molecular weight excluding hydrogens is 446 g/mol. The molecule has 34 heavy (non-hydrogen) atoms. The Morgan fingerprint density at radius 3 is 2.47 bits per heavy atom. The standard InChI is InChI=1S/C27H27N3O3S/c1-5-12-32-21-10-8-19(9-11-21)25(31)30-27(34)29-22-15-20(7-6-16(22)2)26-28-23-13-17(3)18(4)14-24(23)33-26/h6-11,13-15H,5,12H2,1-4H3,(H2,29,30,31,34). The second-order valence-corrected chi connectivity index (χ2v) is 8.64. The van der Waals surface area contributed by atoms with Gasteiger partial charge in [-0.15, -0.1) is 0 Å². The zero-order valence-corrected chi connectivity index (χ0v) is 20.5. The molecule has 1 amide bonds. The number of nitrogens with one attached hydrogen (secondary N) is 2. The number of hydrogen-bond donors (Lipinski definition) is 2. The topological polar surface area (TPSA) is 76.4 Å². The summed E-state index contributed by atoms with van der Waals surface area (Å²) in [5.41, 5.74) is 6.95. The molecule has 4 rings (SSSR count). The highest BCUT2D eigenvalue weighted by Gasteiger charge is 2.13. The van der Waals surface area contributed by atoms with Crippen LogP contribution in [0.4, 0.5) is 5.69 Å². The smallest absolute Gasteiger partial charge is 0.257 e. The van der Waals surface area contributed by atoms with Crippen molar-refractivity contribution in [3.05, 3.63) is 76.9 Å². The van der Waals surface area contributed by atoms with Crippen molar-refractivity contribution in [1.29, 1.82) is 0 Å². The van der Waals surface area contributed by atoms with Gasteiger partial charge < -0.3 is 14.5 Å². The van der Waals surface area contributed by atoms with Crippen molar-refractivity contribution in [3.8, 4) is 17.2 Å². The number of anilines is 1. The monoisotopic (exact) mass is 473 g/mol. The fourth-order valence-corrected chi connectivity index (χ4v) is 3.65. The van der Waals surface area contributed by atoms with Crippen LogP contribution in [0.3, 0.4) is 0 Å². The number of ether oxygens (including phenoxy) is 1. The lowest BCUT2D eigenvalue weighted by Crippen LogP contribution is -2.34. The molecule has 3 aromatic carbocycles. The molecule has 0 spiro atoms. The molecule has 174 valence electrons. The van der Waals surface area contributed by atoms with Gasteiger partial charge in [-0.1, -0.05) is 13.0 Å². The molecule has 2 N–H and O–H groups in total. The van der Waals surface area contributed by atoms with Gasteiger partial charge in [-0.3, -0.25) is 10.1 Å². The first kappa shape index (κ1) is 23.4. The second-order valence-electron chi connectivity index (χ2n) is 8.23. The lowest BCUT2D eigenvalue weighted by atomic mass is 10.1. The summed E-state index contributed by atoms with van der Waals surface area (Å²) in [6.07, 6.45) is 0.925.